The lowest BCUT2D eigenvalue weighted by Gasteiger charge is -2.22. The molecule has 2 fully saturated rings. The fourth-order valence-corrected chi connectivity index (χ4v) is 4.02. The Morgan fingerprint density at radius 1 is 1.18 bits per heavy atom. The van der Waals surface area contributed by atoms with Crippen LogP contribution in [0.3, 0.4) is 0 Å². The molecule has 4 rings (SSSR count). The molecule has 28 heavy (non-hydrogen) atoms. The van der Waals surface area contributed by atoms with E-state index in [1.807, 2.05) is 24.3 Å². The van der Waals surface area contributed by atoms with Crippen LogP contribution >= 0.6 is 11.6 Å². The number of nitrogens with one attached hydrogen (secondary N) is 1. The van der Waals surface area contributed by atoms with Gasteiger partial charge >= 0.3 is 0 Å². The number of ether oxygens (including phenoxy) is 2. The highest BCUT2D eigenvalue weighted by Gasteiger charge is 2.17. The Morgan fingerprint density at radius 2 is 1.96 bits per heavy atom. The van der Waals surface area contributed by atoms with Gasteiger partial charge in [0.15, 0.2) is 0 Å². The van der Waals surface area contributed by atoms with Crippen molar-refractivity contribution < 1.29 is 9.47 Å². The SMILES string of the molecule is O=c1c(Cl)c(NC[C@H]2CCCOC2)cnn1-c1ccc(OC2CCCC2)cc1. The summed E-state index contributed by atoms with van der Waals surface area (Å²) < 4.78 is 12.8. The van der Waals surface area contributed by atoms with E-state index >= 15 is 0 Å². The highest BCUT2D eigenvalue weighted by Crippen LogP contribution is 2.25. The van der Waals surface area contributed by atoms with E-state index in [4.69, 9.17) is 21.1 Å². The van der Waals surface area contributed by atoms with E-state index in [0.29, 0.717) is 23.4 Å². The van der Waals surface area contributed by atoms with Crippen LogP contribution in [0.2, 0.25) is 5.02 Å². The largest absolute Gasteiger partial charge is 0.490 e. The average Bonchev–Trinajstić information content (AvgIpc) is 3.24. The molecule has 6 nitrogen and oxygen atoms in total. The Kier molecular flexibility index (Phi) is 6.17. The van der Waals surface area contributed by atoms with E-state index < -0.39 is 0 Å². The number of hydrogen-bond acceptors (Lipinski definition) is 5. The van der Waals surface area contributed by atoms with Crippen LogP contribution in [0.4, 0.5) is 5.69 Å². The van der Waals surface area contributed by atoms with Crippen molar-refractivity contribution in [2.24, 2.45) is 5.92 Å². The molecule has 1 aliphatic carbocycles. The molecule has 1 N–H and O–H groups in total. The lowest BCUT2D eigenvalue weighted by atomic mass is 10.0. The second kappa shape index (κ2) is 8.97. The summed E-state index contributed by atoms with van der Waals surface area (Å²) in [4.78, 5) is 12.7. The van der Waals surface area contributed by atoms with Crippen LogP contribution in [-0.4, -0.2) is 35.6 Å². The molecule has 1 saturated heterocycles. The van der Waals surface area contributed by atoms with Crippen LogP contribution in [-0.2, 0) is 4.74 Å². The molecule has 1 aromatic heterocycles. The van der Waals surface area contributed by atoms with E-state index in [1.165, 1.54) is 17.5 Å². The summed E-state index contributed by atoms with van der Waals surface area (Å²) in [7, 11) is 0. The zero-order valence-corrected chi connectivity index (χ0v) is 16.7. The zero-order valence-electron chi connectivity index (χ0n) is 15.9. The molecule has 0 amide bonds. The van der Waals surface area contributed by atoms with Crippen molar-refractivity contribution in [2.75, 3.05) is 25.1 Å². The summed E-state index contributed by atoms with van der Waals surface area (Å²) in [5, 5.41) is 7.69. The highest BCUT2D eigenvalue weighted by molar-refractivity contribution is 6.32. The molecule has 0 spiro atoms. The predicted molar refractivity (Wildman–Crippen MR) is 110 cm³/mol. The molecule has 1 aromatic carbocycles. The van der Waals surface area contributed by atoms with Crippen molar-refractivity contribution in [1.82, 2.24) is 9.78 Å². The minimum atomic E-state index is -0.337. The maximum atomic E-state index is 12.7. The summed E-state index contributed by atoms with van der Waals surface area (Å²) in [5.74, 6) is 1.25. The summed E-state index contributed by atoms with van der Waals surface area (Å²) in [5.41, 5.74) is 0.892. The molecule has 2 heterocycles. The maximum Gasteiger partial charge on any atom is 0.292 e. The first-order valence-corrected chi connectivity index (χ1v) is 10.4. The van der Waals surface area contributed by atoms with Gasteiger partial charge in [-0.25, -0.2) is 0 Å². The molecule has 0 bridgehead atoms. The first kappa shape index (κ1) is 19.3. The van der Waals surface area contributed by atoms with E-state index in [2.05, 4.69) is 10.4 Å². The number of rotatable bonds is 6. The van der Waals surface area contributed by atoms with Gasteiger partial charge in [-0.2, -0.15) is 9.78 Å². The van der Waals surface area contributed by atoms with Gasteiger partial charge in [-0.05, 0) is 68.7 Å². The third-order valence-electron chi connectivity index (χ3n) is 5.44. The third-order valence-corrected chi connectivity index (χ3v) is 5.81. The zero-order chi connectivity index (χ0) is 19.3. The van der Waals surface area contributed by atoms with Crippen molar-refractivity contribution in [3.05, 3.63) is 45.8 Å². The van der Waals surface area contributed by atoms with Crippen LogP contribution in [0, 0.1) is 5.92 Å². The van der Waals surface area contributed by atoms with Crippen LogP contribution in [0.5, 0.6) is 5.75 Å². The smallest absolute Gasteiger partial charge is 0.292 e. The van der Waals surface area contributed by atoms with E-state index in [0.717, 1.165) is 51.2 Å². The lowest BCUT2D eigenvalue weighted by Crippen LogP contribution is -2.26. The second-order valence-electron chi connectivity index (χ2n) is 7.57. The summed E-state index contributed by atoms with van der Waals surface area (Å²) >= 11 is 6.32. The molecular weight excluding hydrogens is 378 g/mol. The van der Waals surface area contributed by atoms with Crippen LogP contribution in [0.15, 0.2) is 35.3 Å². The van der Waals surface area contributed by atoms with Crippen molar-refractivity contribution in [3.63, 3.8) is 0 Å². The number of nitrogens with zero attached hydrogens (tertiary/aromatic N) is 2. The summed E-state index contributed by atoms with van der Waals surface area (Å²) in [6, 6.07) is 7.43. The van der Waals surface area contributed by atoms with Crippen molar-refractivity contribution in [3.8, 4) is 11.4 Å². The standard InChI is InChI=1S/C21H26ClN3O3/c22-20-19(23-12-15-4-3-11-27-14-15)13-24-25(21(20)26)16-7-9-18(10-8-16)28-17-5-1-2-6-17/h7-10,13,15,17,23H,1-6,11-12,14H2/t15-/m1/s1. The lowest BCUT2D eigenvalue weighted by molar-refractivity contribution is 0.0595. The molecule has 0 radical (unpaired) electrons. The molecule has 1 atom stereocenters. The summed E-state index contributed by atoms with van der Waals surface area (Å²) in [6.45, 7) is 2.29. The molecular formula is C21H26ClN3O3. The van der Waals surface area contributed by atoms with E-state index in [9.17, 15) is 4.79 Å². The normalized spacial score (nSPS) is 20.2. The predicted octanol–water partition coefficient (Wildman–Crippen LogP) is 4.05. The Hall–Kier alpha value is -2.05. The van der Waals surface area contributed by atoms with Gasteiger partial charge < -0.3 is 14.8 Å². The number of hydrogen-bond donors (Lipinski definition) is 1. The van der Waals surface area contributed by atoms with Gasteiger partial charge in [0, 0.05) is 13.2 Å². The minimum Gasteiger partial charge on any atom is -0.490 e. The van der Waals surface area contributed by atoms with Gasteiger partial charge in [0.1, 0.15) is 10.8 Å². The Morgan fingerprint density at radius 3 is 2.68 bits per heavy atom. The topological polar surface area (TPSA) is 65.4 Å². The van der Waals surface area contributed by atoms with Crippen LogP contribution in [0.25, 0.3) is 5.69 Å². The van der Waals surface area contributed by atoms with Crippen LogP contribution in [0.1, 0.15) is 38.5 Å². The van der Waals surface area contributed by atoms with Gasteiger partial charge in [0.25, 0.3) is 5.56 Å². The number of benzene rings is 1. The van der Waals surface area contributed by atoms with Crippen LogP contribution < -0.4 is 15.6 Å². The van der Waals surface area contributed by atoms with Gasteiger partial charge in [0.2, 0.25) is 0 Å². The first-order valence-electron chi connectivity index (χ1n) is 10.1. The molecule has 2 aliphatic rings. The molecule has 150 valence electrons. The van der Waals surface area contributed by atoms with Crippen molar-refractivity contribution in [1.29, 1.82) is 0 Å². The maximum absolute atomic E-state index is 12.7. The van der Waals surface area contributed by atoms with Gasteiger partial charge in [-0.3, -0.25) is 4.79 Å². The molecule has 2 aromatic rings. The molecule has 0 unspecified atom stereocenters. The molecule has 1 aliphatic heterocycles. The first-order chi connectivity index (χ1) is 13.7. The quantitative estimate of drug-likeness (QED) is 0.788. The summed E-state index contributed by atoms with van der Waals surface area (Å²) in [6.07, 6.45) is 8.78. The number of halogens is 1. The van der Waals surface area contributed by atoms with E-state index in [-0.39, 0.29) is 10.6 Å². The highest BCUT2D eigenvalue weighted by atomic mass is 35.5. The fourth-order valence-electron chi connectivity index (χ4n) is 3.83. The molecule has 7 heteroatoms. The van der Waals surface area contributed by atoms with E-state index in [1.54, 1.807) is 6.20 Å². The Bertz CT molecular complexity index is 841. The Labute approximate surface area is 169 Å². The van der Waals surface area contributed by atoms with Gasteiger partial charge in [-0.1, -0.05) is 11.6 Å². The van der Waals surface area contributed by atoms with Gasteiger partial charge in [0.05, 0.1) is 30.3 Å². The number of aromatic nitrogens is 2. The number of anilines is 1. The minimum absolute atomic E-state index is 0.151. The fraction of sp³-hybridized carbons (Fsp3) is 0.524. The van der Waals surface area contributed by atoms with Crippen molar-refractivity contribution >= 4 is 17.3 Å². The third kappa shape index (κ3) is 4.50. The molecule has 1 saturated carbocycles. The monoisotopic (exact) mass is 403 g/mol. The Balaban J connectivity index is 1.44. The average molecular weight is 404 g/mol. The second-order valence-corrected chi connectivity index (χ2v) is 7.95. The van der Waals surface area contributed by atoms with Crippen molar-refractivity contribution in [2.45, 2.75) is 44.6 Å². The van der Waals surface area contributed by atoms with Gasteiger partial charge in [-0.15, -0.1) is 0 Å².